The number of para-hydroxylation sites is 1. The SMILES string of the molecule is Cc1ccccc1NC(=O)Cc1nc(COC(=O)c2ccsc2)cs1. The molecule has 0 fully saturated rings. The molecule has 0 saturated carbocycles. The molecular weight excluding hydrogens is 356 g/mol. The molecule has 2 aromatic heterocycles. The maximum absolute atomic E-state index is 12.1. The Morgan fingerprint density at radius 2 is 2.04 bits per heavy atom. The number of amides is 1. The van der Waals surface area contributed by atoms with Crippen molar-refractivity contribution in [3.63, 3.8) is 0 Å². The highest BCUT2D eigenvalue weighted by atomic mass is 32.1. The summed E-state index contributed by atoms with van der Waals surface area (Å²) in [5.41, 5.74) is 3.00. The van der Waals surface area contributed by atoms with E-state index in [0.717, 1.165) is 11.3 Å². The number of aromatic nitrogens is 1. The van der Waals surface area contributed by atoms with Gasteiger partial charge in [0.25, 0.3) is 0 Å². The number of rotatable bonds is 6. The van der Waals surface area contributed by atoms with Crippen LogP contribution in [-0.2, 0) is 22.6 Å². The second-order valence-electron chi connectivity index (χ2n) is 5.36. The molecule has 7 heteroatoms. The van der Waals surface area contributed by atoms with Crippen LogP contribution >= 0.6 is 22.7 Å². The number of esters is 1. The lowest BCUT2D eigenvalue weighted by Gasteiger charge is -2.06. The number of thiazole rings is 1. The predicted octanol–water partition coefficient (Wildman–Crippen LogP) is 4.05. The van der Waals surface area contributed by atoms with Crippen LogP contribution in [0.25, 0.3) is 0 Å². The molecule has 3 rings (SSSR count). The zero-order chi connectivity index (χ0) is 17.6. The van der Waals surface area contributed by atoms with Gasteiger partial charge in [-0.15, -0.1) is 11.3 Å². The summed E-state index contributed by atoms with van der Waals surface area (Å²) in [6.07, 6.45) is 0.192. The van der Waals surface area contributed by atoms with Gasteiger partial charge in [-0.1, -0.05) is 18.2 Å². The van der Waals surface area contributed by atoms with E-state index in [1.165, 1.54) is 22.7 Å². The molecule has 0 saturated heterocycles. The molecule has 0 aliphatic rings. The van der Waals surface area contributed by atoms with Gasteiger partial charge in [-0.2, -0.15) is 11.3 Å². The number of benzene rings is 1. The predicted molar refractivity (Wildman–Crippen MR) is 99.1 cm³/mol. The minimum Gasteiger partial charge on any atom is -0.456 e. The average Bonchev–Trinajstić information content (AvgIpc) is 3.26. The molecule has 0 spiro atoms. The van der Waals surface area contributed by atoms with Crippen molar-refractivity contribution in [1.82, 2.24) is 4.98 Å². The number of hydrogen-bond acceptors (Lipinski definition) is 6. The molecule has 0 atom stereocenters. The molecule has 0 unspecified atom stereocenters. The Labute approximate surface area is 153 Å². The van der Waals surface area contributed by atoms with Crippen LogP contribution in [-0.4, -0.2) is 16.9 Å². The van der Waals surface area contributed by atoms with Crippen LogP contribution in [0, 0.1) is 6.92 Å². The standard InChI is InChI=1S/C18H16N2O3S2/c1-12-4-2-3-5-15(12)20-16(21)8-17-19-14(11-25-17)9-23-18(22)13-6-7-24-10-13/h2-7,10-11H,8-9H2,1H3,(H,20,21). The molecule has 2 heterocycles. The van der Waals surface area contributed by atoms with Crippen molar-refractivity contribution in [2.45, 2.75) is 20.0 Å². The van der Waals surface area contributed by atoms with Gasteiger partial charge in [-0.3, -0.25) is 4.79 Å². The van der Waals surface area contributed by atoms with Crippen LogP contribution in [0.2, 0.25) is 0 Å². The molecule has 0 bridgehead atoms. The van der Waals surface area contributed by atoms with E-state index >= 15 is 0 Å². The first-order valence-corrected chi connectivity index (χ1v) is 9.42. The Morgan fingerprint density at radius 1 is 1.20 bits per heavy atom. The highest BCUT2D eigenvalue weighted by molar-refractivity contribution is 7.09. The maximum atomic E-state index is 12.1. The number of carbonyl (C=O) groups excluding carboxylic acids is 2. The second-order valence-corrected chi connectivity index (χ2v) is 7.08. The first-order valence-electron chi connectivity index (χ1n) is 7.60. The normalized spacial score (nSPS) is 10.4. The van der Waals surface area contributed by atoms with Crippen LogP contribution in [0.15, 0.2) is 46.5 Å². The first kappa shape index (κ1) is 17.3. The Hall–Kier alpha value is -2.51. The Balaban J connectivity index is 1.52. The number of aryl methyl sites for hydroxylation is 1. The van der Waals surface area contributed by atoms with E-state index in [0.29, 0.717) is 16.3 Å². The Bertz CT molecular complexity index is 872. The highest BCUT2D eigenvalue weighted by Gasteiger charge is 2.12. The van der Waals surface area contributed by atoms with E-state index in [9.17, 15) is 9.59 Å². The fraction of sp³-hybridized carbons (Fsp3) is 0.167. The van der Waals surface area contributed by atoms with Gasteiger partial charge in [0.15, 0.2) is 0 Å². The summed E-state index contributed by atoms with van der Waals surface area (Å²) in [7, 11) is 0. The van der Waals surface area contributed by atoms with Crippen molar-refractivity contribution in [1.29, 1.82) is 0 Å². The van der Waals surface area contributed by atoms with Gasteiger partial charge >= 0.3 is 5.97 Å². The molecule has 1 amide bonds. The molecular formula is C18H16N2O3S2. The van der Waals surface area contributed by atoms with Crippen molar-refractivity contribution in [2.24, 2.45) is 0 Å². The zero-order valence-electron chi connectivity index (χ0n) is 13.5. The van der Waals surface area contributed by atoms with Gasteiger partial charge in [0, 0.05) is 16.4 Å². The van der Waals surface area contributed by atoms with Crippen molar-refractivity contribution in [3.8, 4) is 0 Å². The number of hydrogen-bond donors (Lipinski definition) is 1. The van der Waals surface area contributed by atoms with Gasteiger partial charge in [0.05, 0.1) is 17.7 Å². The Kier molecular flexibility index (Phi) is 5.57. The molecule has 0 radical (unpaired) electrons. The second kappa shape index (κ2) is 8.04. The molecule has 25 heavy (non-hydrogen) atoms. The van der Waals surface area contributed by atoms with Crippen LogP contribution in [0.1, 0.15) is 26.6 Å². The summed E-state index contributed by atoms with van der Waals surface area (Å²) in [5, 5.41) is 8.94. The van der Waals surface area contributed by atoms with E-state index in [2.05, 4.69) is 10.3 Å². The number of ether oxygens (including phenoxy) is 1. The van der Waals surface area contributed by atoms with E-state index in [4.69, 9.17) is 4.74 Å². The van der Waals surface area contributed by atoms with Crippen LogP contribution in [0.4, 0.5) is 5.69 Å². The Morgan fingerprint density at radius 3 is 2.80 bits per heavy atom. The molecule has 0 aliphatic heterocycles. The quantitative estimate of drug-likeness (QED) is 0.663. The largest absolute Gasteiger partial charge is 0.456 e. The summed E-state index contributed by atoms with van der Waals surface area (Å²) in [6.45, 7) is 2.05. The fourth-order valence-electron chi connectivity index (χ4n) is 2.14. The monoisotopic (exact) mass is 372 g/mol. The maximum Gasteiger partial charge on any atom is 0.339 e. The summed E-state index contributed by atoms with van der Waals surface area (Å²) in [6, 6.07) is 9.33. The minimum atomic E-state index is -0.368. The highest BCUT2D eigenvalue weighted by Crippen LogP contribution is 2.16. The van der Waals surface area contributed by atoms with Gasteiger partial charge in [0.1, 0.15) is 11.6 Å². The van der Waals surface area contributed by atoms with Gasteiger partial charge in [-0.05, 0) is 30.0 Å². The van der Waals surface area contributed by atoms with Crippen molar-refractivity contribution in [2.75, 3.05) is 5.32 Å². The van der Waals surface area contributed by atoms with Gasteiger partial charge in [-0.25, -0.2) is 9.78 Å². The molecule has 0 aliphatic carbocycles. The zero-order valence-corrected chi connectivity index (χ0v) is 15.2. The molecule has 5 nitrogen and oxygen atoms in total. The van der Waals surface area contributed by atoms with Crippen molar-refractivity contribution >= 4 is 40.2 Å². The van der Waals surface area contributed by atoms with Crippen molar-refractivity contribution in [3.05, 3.63) is 68.3 Å². The lowest BCUT2D eigenvalue weighted by molar-refractivity contribution is -0.115. The third kappa shape index (κ3) is 4.74. The van der Waals surface area contributed by atoms with Gasteiger partial charge < -0.3 is 10.1 Å². The summed E-state index contributed by atoms with van der Waals surface area (Å²) in [4.78, 5) is 28.3. The molecule has 1 N–H and O–H groups in total. The molecule has 3 aromatic rings. The van der Waals surface area contributed by atoms with Crippen LogP contribution in [0.3, 0.4) is 0 Å². The number of nitrogens with one attached hydrogen (secondary N) is 1. The summed E-state index contributed by atoms with van der Waals surface area (Å²) in [5.74, 6) is -0.487. The van der Waals surface area contributed by atoms with E-state index < -0.39 is 0 Å². The van der Waals surface area contributed by atoms with Crippen molar-refractivity contribution < 1.29 is 14.3 Å². The summed E-state index contributed by atoms with van der Waals surface area (Å²) < 4.78 is 5.21. The molecule has 128 valence electrons. The number of nitrogens with zero attached hydrogens (tertiary/aromatic N) is 1. The lowest BCUT2D eigenvalue weighted by Crippen LogP contribution is -2.15. The molecule has 1 aromatic carbocycles. The minimum absolute atomic E-state index is 0.102. The third-order valence-corrected chi connectivity index (χ3v) is 5.02. The summed E-state index contributed by atoms with van der Waals surface area (Å²) >= 11 is 2.82. The topological polar surface area (TPSA) is 68.3 Å². The van der Waals surface area contributed by atoms with Gasteiger partial charge in [0.2, 0.25) is 5.91 Å². The lowest BCUT2D eigenvalue weighted by atomic mass is 10.2. The van der Waals surface area contributed by atoms with E-state index in [1.54, 1.807) is 16.8 Å². The number of anilines is 1. The van der Waals surface area contributed by atoms with Crippen LogP contribution < -0.4 is 5.32 Å². The first-order chi connectivity index (χ1) is 12.1. The number of carbonyl (C=O) groups is 2. The van der Waals surface area contributed by atoms with Crippen LogP contribution in [0.5, 0.6) is 0 Å². The average molecular weight is 372 g/mol. The van der Waals surface area contributed by atoms with E-state index in [1.807, 2.05) is 36.6 Å². The smallest absolute Gasteiger partial charge is 0.339 e. The number of thiophene rings is 1. The third-order valence-electron chi connectivity index (χ3n) is 3.44. The van der Waals surface area contributed by atoms with E-state index in [-0.39, 0.29) is 24.9 Å². The fourth-order valence-corrected chi connectivity index (χ4v) is 3.55.